The first-order valence-electron chi connectivity index (χ1n) is 12.1. The molecule has 34 heavy (non-hydrogen) atoms. The Labute approximate surface area is 197 Å². The Hall–Kier alpha value is -2.85. The lowest BCUT2D eigenvalue weighted by Crippen LogP contribution is -2.39. The molecule has 1 aliphatic carbocycles. The summed E-state index contributed by atoms with van der Waals surface area (Å²) >= 11 is 0. The van der Waals surface area contributed by atoms with Gasteiger partial charge in [0.1, 0.15) is 0 Å². The summed E-state index contributed by atoms with van der Waals surface area (Å²) in [5.74, 6) is -0.521. The molecule has 184 valence electrons. The molecule has 0 aromatic carbocycles. The second-order valence-corrected chi connectivity index (χ2v) is 10.1. The lowest BCUT2D eigenvalue weighted by atomic mass is 9.82. The largest absolute Gasteiger partial charge is 0.492 e. The van der Waals surface area contributed by atoms with Crippen LogP contribution in [0.4, 0.5) is 5.82 Å². The minimum Gasteiger partial charge on any atom is -0.492 e. The Morgan fingerprint density at radius 3 is 2.56 bits per heavy atom. The van der Waals surface area contributed by atoms with Gasteiger partial charge >= 0.3 is 0 Å². The third-order valence-corrected chi connectivity index (χ3v) is 7.24. The van der Waals surface area contributed by atoms with Gasteiger partial charge in [0.05, 0.1) is 5.56 Å². The summed E-state index contributed by atoms with van der Waals surface area (Å²) in [7, 11) is 0. The van der Waals surface area contributed by atoms with E-state index in [9.17, 15) is 14.7 Å². The van der Waals surface area contributed by atoms with Gasteiger partial charge in [-0.3, -0.25) is 14.2 Å². The molecule has 1 saturated carbocycles. The van der Waals surface area contributed by atoms with Crippen LogP contribution in [0.15, 0.2) is 10.9 Å². The number of nitrogens with one attached hydrogen (secondary N) is 1. The summed E-state index contributed by atoms with van der Waals surface area (Å²) in [4.78, 5) is 26.6. The van der Waals surface area contributed by atoms with Crippen LogP contribution in [0.3, 0.4) is 0 Å². The van der Waals surface area contributed by atoms with E-state index in [1.807, 2.05) is 6.08 Å². The van der Waals surface area contributed by atoms with Gasteiger partial charge in [0.25, 0.3) is 11.5 Å². The van der Waals surface area contributed by atoms with Gasteiger partial charge in [-0.1, -0.05) is 19.1 Å². The molecule has 10 heteroatoms. The molecule has 0 unspecified atom stereocenters. The molecular formula is C24H33N5O5. The first-order valence-corrected chi connectivity index (χ1v) is 12.1. The van der Waals surface area contributed by atoms with Crippen LogP contribution in [0.5, 0.6) is 5.88 Å². The van der Waals surface area contributed by atoms with Crippen molar-refractivity contribution in [3.8, 4) is 5.88 Å². The lowest BCUT2D eigenvalue weighted by molar-refractivity contribution is 0.0154. The third-order valence-electron chi connectivity index (χ3n) is 7.24. The number of fused-ring (bicyclic) bond motifs is 1. The molecule has 2 saturated heterocycles. The zero-order valence-corrected chi connectivity index (χ0v) is 19.6. The molecule has 2 aromatic rings. The van der Waals surface area contributed by atoms with Gasteiger partial charge in [0, 0.05) is 39.0 Å². The number of carbonyl (C=O) groups is 1. The van der Waals surface area contributed by atoms with Crippen molar-refractivity contribution in [1.82, 2.24) is 19.5 Å². The highest BCUT2D eigenvalue weighted by molar-refractivity contribution is 5.97. The molecule has 0 bridgehead atoms. The molecule has 4 heterocycles. The van der Waals surface area contributed by atoms with Crippen LogP contribution < -0.4 is 16.6 Å². The molecule has 3 aliphatic rings. The van der Waals surface area contributed by atoms with Crippen molar-refractivity contribution in [2.45, 2.75) is 58.0 Å². The lowest BCUT2D eigenvalue weighted by Gasteiger charge is -2.34. The Morgan fingerprint density at radius 1 is 1.21 bits per heavy atom. The summed E-state index contributed by atoms with van der Waals surface area (Å²) in [6, 6.07) is 0.0455. The number of anilines is 1. The number of nitrogens with zero attached hydrogens (tertiary/aromatic N) is 3. The molecule has 3 fully saturated rings. The highest BCUT2D eigenvalue weighted by Crippen LogP contribution is 2.34. The van der Waals surface area contributed by atoms with Crippen molar-refractivity contribution >= 4 is 23.4 Å². The van der Waals surface area contributed by atoms with Crippen LogP contribution in [-0.2, 0) is 16.0 Å². The SMILES string of the molecule is CC1(Cn2c(=O)c(C(=O)NC3CC3)c(O)n3nc(N)c(/C=C/C4CCOCC4)c23)CCOCC1. The van der Waals surface area contributed by atoms with Gasteiger partial charge < -0.3 is 25.6 Å². The predicted octanol–water partition coefficient (Wildman–Crippen LogP) is 1.93. The van der Waals surface area contributed by atoms with Crippen LogP contribution in [0.1, 0.15) is 61.4 Å². The number of rotatable bonds is 6. The number of allylic oxidation sites excluding steroid dienone is 1. The fourth-order valence-electron chi connectivity index (χ4n) is 4.81. The fourth-order valence-corrected chi connectivity index (χ4v) is 4.81. The van der Waals surface area contributed by atoms with Gasteiger partial charge in [-0.25, -0.2) is 0 Å². The molecule has 0 spiro atoms. The summed E-state index contributed by atoms with van der Waals surface area (Å²) in [5, 5.41) is 18.1. The Bertz CT molecular complexity index is 1170. The van der Waals surface area contributed by atoms with E-state index in [1.54, 1.807) is 4.57 Å². The number of nitrogens with two attached hydrogens (primary N) is 1. The molecule has 4 N–H and O–H groups in total. The van der Waals surface area contributed by atoms with Crippen molar-refractivity contribution in [2.24, 2.45) is 11.3 Å². The zero-order valence-electron chi connectivity index (χ0n) is 19.6. The average molecular weight is 472 g/mol. The van der Waals surface area contributed by atoms with E-state index in [1.165, 1.54) is 4.52 Å². The number of aromatic hydroxyl groups is 1. The van der Waals surface area contributed by atoms with Crippen molar-refractivity contribution in [1.29, 1.82) is 0 Å². The van der Waals surface area contributed by atoms with E-state index >= 15 is 0 Å². The maximum atomic E-state index is 13.7. The monoisotopic (exact) mass is 471 g/mol. The van der Waals surface area contributed by atoms with Gasteiger partial charge in [-0.2, -0.15) is 4.52 Å². The molecule has 10 nitrogen and oxygen atoms in total. The molecule has 2 aliphatic heterocycles. The molecule has 5 rings (SSSR count). The maximum Gasteiger partial charge on any atom is 0.270 e. The fraction of sp³-hybridized carbons (Fsp3) is 0.625. The number of hydrogen-bond acceptors (Lipinski definition) is 7. The molecule has 1 amide bonds. The van der Waals surface area contributed by atoms with E-state index in [0.29, 0.717) is 50.1 Å². The maximum absolute atomic E-state index is 13.7. The van der Waals surface area contributed by atoms with E-state index in [4.69, 9.17) is 15.2 Å². The summed E-state index contributed by atoms with van der Waals surface area (Å²) < 4.78 is 13.8. The van der Waals surface area contributed by atoms with Crippen LogP contribution in [0, 0.1) is 11.3 Å². The Morgan fingerprint density at radius 2 is 1.88 bits per heavy atom. The Balaban J connectivity index is 1.64. The molecule has 2 aromatic heterocycles. The number of amides is 1. The van der Waals surface area contributed by atoms with Crippen molar-refractivity contribution in [2.75, 3.05) is 32.2 Å². The van der Waals surface area contributed by atoms with E-state index in [0.717, 1.165) is 38.5 Å². The van der Waals surface area contributed by atoms with E-state index < -0.39 is 17.3 Å². The minimum atomic E-state index is -0.578. The number of nitrogen functional groups attached to an aromatic ring is 1. The zero-order chi connectivity index (χ0) is 23.9. The second kappa shape index (κ2) is 9.07. The summed E-state index contributed by atoms with van der Waals surface area (Å²) in [6.07, 6.45) is 9.10. The standard InChI is InChI=1S/C24H33N5O5/c1-24(8-12-34-13-9-24)14-28-21-17(5-2-15-6-10-33-11-7-15)19(25)27-29(21)23(32)18(22(28)31)20(30)26-16-3-4-16/h2,5,15-16,32H,3-4,6-14H2,1H3,(H2,25,27)(H,26,30)/b5-2+. The number of carbonyl (C=O) groups excluding carboxylic acids is 1. The molecule has 0 radical (unpaired) electrons. The number of hydrogen-bond donors (Lipinski definition) is 3. The number of ether oxygens (including phenoxy) is 2. The smallest absolute Gasteiger partial charge is 0.270 e. The van der Waals surface area contributed by atoms with E-state index in [-0.39, 0.29) is 22.8 Å². The second-order valence-electron chi connectivity index (χ2n) is 10.1. The number of aromatic nitrogens is 3. The van der Waals surface area contributed by atoms with Crippen molar-refractivity contribution < 1.29 is 19.4 Å². The van der Waals surface area contributed by atoms with Gasteiger partial charge in [-0.05, 0) is 49.9 Å². The predicted molar refractivity (Wildman–Crippen MR) is 127 cm³/mol. The first-order chi connectivity index (χ1) is 16.4. The van der Waals surface area contributed by atoms with Crippen LogP contribution >= 0.6 is 0 Å². The Kier molecular flexibility index (Phi) is 6.11. The summed E-state index contributed by atoms with van der Waals surface area (Å²) in [5.41, 5.74) is 6.23. The van der Waals surface area contributed by atoms with Crippen molar-refractivity contribution in [3.63, 3.8) is 0 Å². The first kappa shape index (κ1) is 22.9. The quantitative estimate of drug-likeness (QED) is 0.586. The van der Waals surface area contributed by atoms with Crippen LogP contribution in [0.25, 0.3) is 11.7 Å². The average Bonchev–Trinajstić information content (AvgIpc) is 3.57. The minimum absolute atomic E-state index is 0.0455. The van der Waals surface area contributed by atoms with E-state index in [2.05, 4.69) is 23.4 Å². The van der Waals surface area contributed by atoms with Gasteiger partial charge in [0.2, 0.25) is 5.88 Å². The van der Waals surface area contributed by atoms with Crippen molar-refractivity contribution in [3.05, 3.63) is 27.6 Å². The summed E-state index contributed by atoms with van der Waals surface area (Å²) in [6.45, 7) is 5.15. The van der Waals surface area contributed by atoms with Gasteiger partial charge in [0.15, 0.2) is 17.0 Å². The normalized spacial score (nSPS) is 21.3. The molecular weight excluding hydrogens is 438 g/mol. The van der Waals surface area contributed by atoms with Crippen LogP contribution in [0.2, 0.25) is 0 Å². The third kappa shape index (κ3) is 4.44. The van der Waals surface area contributed by atoms with Gasteiger partial charge in [-0.15, -0.1) is 5.10 Å². The highest BCUT2D eigenvalue weighted by atomic mass is 16.5. The van der Waals surface area contributed by atoms with Crippen LogP contribution in [-0.4, -0.2) is 57.7 Å². The topological polar surface area (TPSA) is 133 Å². The highest BCUT2D eigenvalue weighted by Gasteiger charge is 2.34. The molecule has 0 atom stereocenters.